The summed E-state index contributed by atoms with van der Waals surface area (Å²) in [6.45, 7) is 0.847. The molecule has 0 unspecified atom stereocenters. The normalized spacial score (nSPS) is 14.6. The molecule has 0 aromatic heterocycles. The number of halogens is 1. The number of benzene rings is 1. The van der Waals surface area contributed by atoms with Gasteiger partial charge in [0.2, 0.25) is 0 Å². The molecule has 2 rings (SSSR count). The number of ether oxygens (including phenoxy) is 1. The number of rotatable bonds is 3. The van der Waals surface area contributed by atoms with Crippen LogP contribution in [0, 0.1) is 0 Å². The number of hydrogen-bond acceptors (Lipinski definition) is 2. The third-order valence-corrected chi connectivity index (χ3v) is 3.91. The summed E-state index contributed by atoms with van der Waals surface area (Å²) in [5.74, 6) is 2.16. The molecule has 0 saturated carbocycles. The SMILES string of the molecule is BrCCCc1cccc2c1SCCO2. The lowest BCUT2D eigenvalue weighted by molar-refractivity contribution is 0.329. The first kappa shape index (κ1) is 10.4. The van der Waals surface area contributed by atoms with Crippen molar-refractivity contribution >= 4 is 27.7 Å². The fourth-order valence-corrected chi connectivity index (χ4v) is 2.86. The molecule has 0 amide bonds. The van der Waals surface area contributed by atoms with Crippen molar-refractivity contribution in [3.63, 3.8) is 0 Å². The summed E-state index contributed by atoms with van der Waals surface area (Å²) in [7, 11) is 0. The highest BCUT2D eigenvalue weighted by molar-refractivity contribution is 9.09. The standard InChI is InChI=1S/C11H13BrOS/c12-6-2-4-9-3-1-5-10-11(9)14-8-7-13-10/h1,3,5H,2,4,6-8H2. The minimum Gasteiger partial charge on any atom is -0.492 e. The number of alkyl halides is 1. The van der Waals surface area contributed by atoms with E-state index in [1.165, 1.54) is 16.9 Å². The van der Waals surface area contributed by atoms with Crippen LogP contribution in [0.5, 0.6) is 5.75 Å². The van der Waals surface area contributed by atoms with Crippen LogP contribution in [0.4, 0.5) is 0 Å². The van der Waals surface area contributed by atoms with Gasteiger partial charge in [0.15, 0.2) is 0 Å². The van der Waals surface area contributed by atoms with Gasteiger partial charge >= 0.3 is 0 Å². The summed E-state index contributed by atoms with van der Waals surface area (Å²) in [5.41, 5.74) is 1.44. The van der Waals surface area contributed by atoms with Crippen LogP contribution in [-0.4, -0.2) is 17.7 Å². The van der Waals surface area contributed by atoms with Gasteiger partial charge in [0.25, 0.3) is 0 Å². The Morgan fingerprint density at radius 2 is 2.36 bits per heavy atom. The molecule has 0 N–H and O–H groups in total. The molecule has 1 nitrogen and oxygen atoms in total. The molecule has 1 aromatic carbocycles. The summed E-state index contributed by atoms with van der Waals surface area (Å²) >= 11 is 5.39. The zero-order chi connectivity index (χ0) is 9.80. The topological polar surface area (TPSA) is 9.23 Å². The molecule has 0 bridgehead atoms. The fourth-order valence-electron chi connectivity index (χ4n) is 1.59. The van der Waals surface area contributed by atoms with Gasteiger partial charge in [-0.3, -0.25) is 0 Å². The second-order valence-electron chi connectivity index (χ2n) is 3.23. The molecule has 0 spiro atoms. The first-order valence-corrected chi connectivity index (χ1v) is 6.96. The molecule has 0 atom stereocenters. The van der Waals surface area contributed by atoms with Crippen molar-refractivity contribution in [1.82, 2.24) is 0 Å². The van der Waals surface area contributed by atoms with E-state index in [9.17, 15) is 0 Å². The smallest absolute Gasteiger partial charge is 0.133 e. The lowest BCUT2D eigenvalue weighted by atomic mass is 10.1. The quantitative estimate of drug-likeness (QED) is 0.779. The van der Waals surface area contributed by atoms with Crippen LogP contribution in [0.25, 0.3) is 0 Å². The lowest BCUT2D eigenvalue weighted by Gasteiger charge is -2.19. The van der Waals surface area contributed by atoms with Crippen molar-refractivity contribution in [2.45, 2.75) is 17.7 Å². The highest BCUT2D eigenvalue weighted by atomic mass is 79.9. The van der Waals surface area contributed by atoms with Gasteiger partial charge in [-0.15, -0.1) is 11.8 Å². The van der Waals surface area contributed by atoms with Crippen LogP contribution in [-0.2, 0) is 6.42 Å². The third-order valence-electron chi connectivity index (χ3n) is 2.23. The van der Waals surface area contributed by atoms with Gasteiger partial charge < -0.3 is 4.74 Å². The Morgan fingerprint density at radius 1 is 1.43 bits per heavy atom. The molecule has 3 heteroatoms. The first-order chi connectivity index (χ1) is 6.92. The second-order valence-corrected chi connectivity index (χ2v) is 5.13. The number of aryl methyl sites for hydroxylation is 1. The molecule has 1 aromatic rings. The van der Waals surface area contributed by atoms with Gasteiger partial charge in [0.1, 0.15) is 5.75 Å². The van der Waals surface area contributed by atoms with Gasteiger partial charge in [-0.1, -0.05) is 28.1 Å². The highest BCUT2D eigenvalue weighted by Crippen LogP contribution is 2.36. The molecule has 0 saturated heterocycles. The Labute approximate surface area is 97.4 Å². The van der Waals surface area contributed by atoms with E-state index in [4.69, 9.17) is 4.74 Å². The van der Waals surface area contributed by atoms with Crippen molar-refractivity contribution in [2.75, 3.05) is 17.7 Å². The van der Waals surface area contributed by atoms with E-state index in [0.717, 1.165) is 29.9 Å². The maximum absolute atomic E-state index is 5.61. The fraction of sp³-hybridized carbons (Fsp3) is 0.455. The monoisotopic (exact) mass is 272 g/mol. The van der Waals surface area contributed by atoms with Crippen LogP contribution in [0.2, 0.25) is 0 Å². The van der Waals surface area contributed by atoms with Gasteiger partial charge in [0, 0.05) is 11.1 Å². The van der Waals surface area contributed by atoms with Gasteiger partial charge in [0.05, 0.1) is 11.5 Å². The largest absolute Gasteiger partial charge is 0.492 e. The molecule has 1 aliphatic rings. The van der Waals surface area contributed by atoms with Crippen LogP contribution < -0.4 is 4.74 Å². The van der Waals surface area contributed by atoms with Crippen LogP contribution in [0.15, 0.2) is 23.1 Å². The molecular formula is C11H13BrOS. The number of fused-ring (bicyclic) bond motifs is 1. The van der Waals surface area contributed by atoms with E-state index in [0.29, 0.717) is 0 Å². The van der Waals surface area contributed by atoms with Crippen molar-refractivity contribution in [3.05, 3.63) is 23.8 Å². The van der Waals surface area contributed by atoms with Gasteiger partial charge in [-0.25, -0.2) is 0 Å². The first-order valence-electron chi connectivity index (χ1n) is 4.85. The molecular weight excluding hydrogens is 260 g/mol. The van der Waals surface area contributed by atoms with E-state index in [1.807, 2.05) is 11.8 Å². The maximum Gasteiger partial charge on any atom is 0.133 e. The molecule has 1 heterocycles. The Bertz CT molecular complexity index is 314. The minimum absolute atomic E-state index is 0.847. The van der Waals surface area contributed by atoms with E-state index in [-0.39, 0.29) is 0 Å². The summed E-state index contributed by atoms with van der Waals surface area (Å²) in [5, 5.41) is 1.07. The Morgan fingerprint density at radius 3 is 3.21 bits per heavy atom. The second kappa shape index (κ2) is 5.08. The average Bonchev–Trinajstić information content (AvgIpc) is 2.26. The van der Waals surface area contributed by atoms with Crippen LogP contribution in [0.1, 0.15) is 12.0 Å². The van der Waals surface area contributed by atoms with Crippen molar-refractivity contribution < 1.29 is 4.74 Å². The maximum atomic E-state index is 5.61. The van der Waals surface area contributed by atoms with Crippen molar-refractivity contribution in [2.24, 2.45) is 0 Å². The molecule has 0 radical (unpaired) electrons. The molecule has 1 aliphatic heterocycles. The van der Waals surface area contributed by atoms with E-state index in [1.54, 1.807) is 0 Å². The van der Waals surface area contributed by atoms with Gasteiger partial charge in [-0.2, -0.15) is 0 Å². The number of thioether (sulfide) groups is 1. The van der Waals surface area contributed by atoms with Crippen molar-refractivity contribution in [1.29, 1.82) is 0 Å². The highest BCUT2D eigenvalue weighted by Gasteiger charge is 2.13. The summed E-state index contributed by atoms with van der Waals surface area (Å²) in [4.78, 5) is 1.36. The summed E-state index contributed by atoms with van der Waals surface area (Å²) in [6.07, 6.45) is 2.34. The average molecular weight is 273 g/mol. The Balaban J connectivity index is 2.21. The van der Waals surface area contributed by atoms with E-state index < -0.39 is 0 Å². The van der Waals surface area contributed by atoms with E-state index in [2.05, 4.69) is 34.1 Å². The Kier molecular flexibility index (Phi) is 3.76. The summed E-state index contributed by atoms with van der Waals surface area (Å²) < 4.78 is 5.61. The predicted octanol–water partition coefficient (Wildman–Crippen LogP) is 3.50. The van der Waals surface area contributed by atoms with Crippen LogP contribution in [0.3, 0.4) is 0 Å². The molecule has 14 heavy (non-hydrogen) atoms. The molecule has 0 aliphatic carbocycles. The predicted molar refractivity (Wildman–Crippen MR) is 64.8 cm³/mol. The Hall–Kier alpha value is -0.150. The molecule has 76 valence electrons. The molecule has 0 fully saturated rings. The number of hydrogen-bond donors (Lipinski definition) is 0. The van der Waals surface area contributed by atoms with E-state index >= 15 is 0 Å². The van der Waals surface area contributed by atoms with Crippen molar-refractivity contribution in [3.8, 4) is 5.75 Å². The minimum atomic E-state index is 0.847. The zero-order valence-electron chi connectivity index (χ0n) is 7.96. The summed E-state index contributed by atoms with van der Waals surface area (Å²) in [6, 6.07) is 6.37. The third kappa shape index (κ3) is 2.26. The van der Waals surface area contributed by atoms with Gasteiger partial charge in [-0.05, 0) is 24.5 Å². The van der Waals surface area contributed by atoms with Crippen LogP contribution >= 0.6 is 27.7 Å². The lowest BCUT2D eigenvalue weighted by Crippen LogP contribution is -2.08. The zero-order valence-corrected chi connectivity index (χ0v) is 10.4.